The molecule has 0 spiro atoms. The van der Waals surface area contributed by atoms with Crippen molar-refractivity contribution in [2.24, 2.45) is 11.7 Å². The van der Waals surface area contributed by atoms with Gasteiger partial charge in [-0.1, -0.05) is 30.3 Å². The molecular formula is C29H41ClN6O6S. The number of rotatable bonds is 13. The van der Waals surface area contributed by atoms with Gasteiger partial charge < -0.3 is 25.6 Å². The van der Waals surface area contributed by atoms with Crippen LogP contribution in [-0.2, 0) is 29.1 Å². The summed E-state index contributed by atoms with van der Waals surface area (Å²) in [7, 11) is -4.19. The van der Waals surface area contributed by atoms with E-state index in [1.54, 1.807) is 24.0 Å². The first-order valence-electron chi connectivity index (χ1n) is 14.4. The van der Waals surface area contributed by atoms with Gasteiger partial charge in [0.05, 0.1) is 24.3 Å². The normalized spacial score (nSPS) is 17.4. The number of benzene rings is 2. The zero-order chi connectivity index (χ0) is 30.3. The monoisotopic (exact) mass is 636 g/mol. The lowest BCUT2D eigenvalue weighted by atomic mass is 9.98. The molecule has 5 N–H and O–H groups in total. The Bertz CT molecular complexity index is 1420. The number of nitrogens with two attached hydrogens (primary N) is 1. The number of nitrogens with one attached hydrogen (secondary N) is 3. The van der Waals surface area contributed by atoms with Crippen molar-refractivity contribution in [1.29, 1.82) is 5.41 Å². The number of halogens is 1. The number of sulfonamides is 1. The topological polar surface area (TPSA) is 175 Å². The Hall–Kier alpha value is -3.42. The molecule has 2 fully saturated rings. The summed E-state index contributed by atoms with van der Waals surface area (Å²) in [6.45, 7) is 3.53. The molecule has 14 heteroatoms. The molecule has 0 radical (unpaired) electrons. The molecule has 0 aromatic heterocycles. The van der Waals surface area contributed by atoms with Gasteiger partial charge in [0.1, 0.15) is 6.04 Å². The second kappa shape index (κ2) is 15.3. The van der Waals surface area contributed by atoms with Crippen molar-refractivity contribution in [3.05, 3.63) is 42.5 Å². The minimum Gasteiger partial charge on any atom is -0.466 e. The van der Waals surface area contributed by atoms with E-state index in [0.717, 1.165) is 36.5 Å². The van der Waals surface area contributed by atoms with Crippen molar-refractivity contribution in [3.8, 4) is 0 Å². The van der Waals surface area contributed by atoms with Gasteiger partial charge in [-0.05, 0) is 61.4 Å². The highest BCUT2D eigenvalue weighted by molar-refractivity contribution is 7.89. The Labute approximate surface area is 258 Å². The maximum atomic E-state index is 13.8. The lowest BCUT2D eigenvalue weighted by Crippen LogP contribution is -2.52. The molecule has 1 saturated heterocycles. The van der Waals surface area contributed by atoms with E-state index in [0.29, 0.717) is 19.6 Å². The molecule has 2 aromatic carbocycles. The third-order valence-corrected chi connectivity index (χ3v) is 9.07. The first-order chi connectivity index (χ1) is 20.1. The van der Waals surface area contributed by atoms with Crippen LogP contribution in [0.25, 0.3) is 10.8 Å². The molecule has 2 aliphatic rings. The molecule has 0 bridgehead atoms. The number of nitrogens with zero attached hydrogens (tertiary/aromatic N) is 2. The van der Waals surface area contributed by atoms with E-state index in [1.807, 2.05) is 18.2 Å². The molecule has 43 heavy (non-hydrogen) atoms. The van der Waals surface area contributed by atoms with Gasteiger partial charge in [-0.15, -0.1) is 12.4 Å². The van der Waals surface area contributed by atoms with Crippen LogP contribution in [0.4, 0.5) is 0 Å². The van der Waals surface area contributed by atoms with Crippen LogP contribution in [0, 0.1) is 11.3 Å². The average molecular weight is 637 g/mol. The minimum absolute atomic E-state index is 0. The van der Waals surface area contributed by atoms with Gasteiger partial charge in [0, 0.05) is 32.2 Å². The van der Waals surface area contributed by atoms with Crippen molar-refractivity contribution in [2.45, 2.75) is 62.4 Å². The molecule has 2 amide bonds. The molecule has 1 saturated carbocycles. The number of amides is 2. The maximum absolute atomic E-state index is 13.8. The van der Waals surface area contributed by atoms with E-state index in [2.05, 4.69) is 10.0 Å². The highest BCUT2D eigenvalue weighted by Gasteiger charge is 2.38. The number of guanidine groups is 1. The van der Waals surface area contributed by atoms with E-state index < -0.39 is 40.3 Å². The van der Waals surface area contributed by atoms with Crippen LogP contribution in [-0.4, -0.2) is 86.8 Å². The molecule has 4 rings (SSSR count). The summed E-state index contributed by atoms with van der Waals surface area (Å²) in [6, 6.07) is 10.5. The summed E-state index contributed by atoms with van der Waals surface area (Å²) in [5.41, 5.74) is 5.63. The van der Waals surface area contributed by atoms with Crippen molar-refractivity contribution in [1.82, 2.24) is 19.8 Å². The fourth-order valence-electron chi connectivity index (χ4n) is 5.24. The first kappa shape index (κ1) is 34.1. The number of piperidine rings is 1. The predicted octanol–water partition coefficient (Wildman–Crippen LogP) is 1.96. The third-order valence-electron chi connectivity index (χ3n) is 7.60. The first-order valence-corrected chi connectivity index (χ1v) is 15.9. The smallest absolute Gasteiger partial charge is 0.307 e. The van der Waals surface area contributed by atoms with Gasteiger partial charge in [0.25, 0.3) is 0 Å². The highest BCUT2D eigenvalue weighted by atomic mass is 35.5. The quantitative estimate of drug-likeness (QED) is 0.147. The fourth-order valence-corrected chi connectivity index (χ4v) is 6.46. The van der Waals surface area contributed by atoms with Crippen LogP contribution in [0.2, 0.25) is 0 Å². The van der Waals surface area contributed by atoms with Crippen LogP contribution >= 0.6 is 12.4 Å². The Morgan fingerprint density at radius 3 is 2.53 bits per heavy atom. The van der Waals surface area contributed by atoms with Gasteiger partial charge >= 0.3 is 5.97 Å². The van der Waals surface area contributed by atoms with Crippen LogP contribution < -0.4 is 15.8 Å². The summed E-state index contributed by atoms with van der Waals surface area (Å²) in [6.07, 6.45) is 2.73. The number of hydrogen-bond acceptors (Lipinski definition) is 7. The van der Waals surface area contributed by atoms with Crippen molar-refractivity contribution >= 4 is 56.9 Å². The van der Waals surface area contributed by atoms with Crippen molar-refractivity contribution in [3.63, 3.8) is 0 Å². The average Bonchev–Trinajstić information content (AvgIpc) is 3.81. The van der Waals surface area contributed by atoms with Gasteiger partial charge in [-0.2, -0.15) is 4.72 Å². The number of likely N-dealkylation sites (tertiary alicyclic amines) is 1. The molecule has 1 aliphatic heterocycles. The Kier molecular flexibility index (Phi) is 12.2. The van der Waals surface area contributed by atoms with E-state index in [9.17, 15) is 22.8 Å². The lowest BCUT2D eigenvalue weighted by molar-refractivity contribution is -0.144. The van der Waals surface area contributed by atoms with Gasteiger partial charge in [-0.25, -0.2) is 8.42 Å². The second-order valence-electron chi connectivity index (χ2n) is 10.8. The number of carbonyl (C=O) groups excluding carboxylic acids is 3. The van der Waals surface area contributed by atoms with Gasteiger partial charge in [0.2, 0.25) is 21.8 Å². The maximum Gasteiger partial charge on any atom is 0.307 e. The largest absolute Gasteiger partial charge is 0.466 e. The fraction of sp³-hybridized carbons (Fsp3) is 0.517. The lowest BCUT2D eigenvalue weighted by Gasteiger charge is -2.33. The molecule has 1 aliphatic carbocycles. The van der Waals surface area contributed by atoms with Crippen LogP contribution in [0.15, 0.2) is 47.4 Å². The summed E-state index contributed by atoms with van der Waals surface area (Å²) in [5.74, 6) is -1.42. The van der Waals surface area contributed by atoms with E-state index in [1.165, 1.54) is 17.0 Å². The third kappa shape index (κ3) is 9.54. The predicted molar refractivity (Wildman–Crippen MR) is 165 cm³/mol. The number of ether oxygens (including phenoxy) is 1. The van der Waals surface area contributed by atoms with Crippen molar-refractivity contribution in [2.75, 3.05) is 32.8 Å². The number of esters is 1. The van der Waals surface area contributed by atoms with E-state index >= 15 is 0 Å². The summed E-state index contributed by atoms with van der Waals surface area (Å²) < 4.78 is 34.5. The van der Waals surface area contributed by atoms with Crippen LogP contribution in [0.5, 0.6) is 0 Å². The number of hydrogen-bond donors (Lipinski definition) is 4. The van der Waals surface area contributed by atoms with E-state index in [4.69, 9.17) is 15.9 Å². The van der Waals surface area contributed by atoms with E-state index in [-0.39, 0.29) is 54.8 Å². The Balaban J connectivity index is 0.00000506. The minimum atomic E-state index is -4.19. The molecule has 1 heterocycles. The highest BCUT2D eigenvalue weighted by Crippen LogP contribution is 2.28. The summed E-state index contributed by atoms with van der Waals surface area (Å²) in [4.78, 5) is 42.1. The SMILES string of the molecule is CCOC(=O)CCN(C(=O)[C@H](CC(=O)NC[C@@H]1CCCN(C(=N)N)C1)NS(=O)(=O)c1ccc2ccccc2c1)C1CC1.Cl. The number of fused-ring (bicyclic) bond motifs is 1. The molecule has 2 atom stereocenters. The Morgan fingerprint density at radius 2 is 1.86 bits per heavy atom. The zero-order valence-corrected chi connectivity index (χ0v) is 25.9. The molecule has 2 aromatic rings. The van der Waals surface area contributed by atoms with Gasteiger partial charge in [-0.3, -0.25) is 19.8 Å². The number of carbonyl (C=O) groups is 3. The van der Waals surface area contributed by atoms with Crippen molar-refractivity contribution < 1.29 is 27.5 Å². The summed E-state index contributed by atoms with van der Waals surface area (Å²) >= 11 is 0. The van der Waals surface area contributed by atoms with Crippen LogP contribution in [0.3, 0.4) is 0 Å². The second-order valence-corrected chi connectivity index (χ2v) is 12.6. The standard InChI is InChI=1S/C29H40N6O6S.ClH/c1-2-41-27(37)13-15-35(23-10-11-23)28(38)25(17-26(36)32-18-20-6-5-14-34(19-20)29(30)31)33-42(39,40)24-12-9-21-7-3-4-8-22(21)16-24;/h3-4,7-9,12,16,20,23,25,33H,2,5-6,10-11,13-15,17-19H2,1H3,(H3,30,31)(H,32,36);1H/t20-,25-;/m0./s1. The molecule has 236 valence electrons. The summed E-state index contributed by atoms with van der Waals surface area (Å²) in [5, 5.41) is 12.1. The van der Waals surface area contributed by atoms with Crippen LogP contribution in [0.1, 0.15) is 45.4 Å². The molecular weight excluding hydrogens is 596 g/mol. The van der Waals surface area contributed by atoms with Gasteiger partial charge in [0.15, 0.2) is 5.96 Å². The Morgan fingerprint density at radius 1 is 1.14 bits per heavy atom. The zero-order valence-electron chi connectivity index (χ0n) is 24.3. The molecule has 12 nitrogen and oxygen atoms in total. The molecule has 0 unspecified atom stereocenters.